The Bertz CT molecular complexity index is 811. The third-order valence-corrected chi connectivity index (χ3v) is 9.18. The number of nitrogens with zero attached hydrogens (tertiary/aromatic N) is 1. The fraction of sp³-hybridized carbons (Fsp3) is 0.667. The quantitative estimate of drug-likeness (QED) is 0.861. The number of amides is 1. The maximum Gasteiger partial charge on any atom is 0.251 e. The molecule has 4 saturated carbocycles. The maximum atomic E-state index is 12.7. The molecule has 6 heteroatoms. The molecule has 1 saturated heterocycles. The lowest BCUT2D eigenvalue weighted by molar-refractivity contribution is -0.0503. The molecule has 0 unspecified atom stereocenters. The van der Waals surface area contributed by atoms with Gasteiger partial charge in [-0.1, -0.05) is 0 Å². The molecule has 1 amide bonds. The van der Waals surface area contributed by atoms with Crippen LogP contribution in [0.1, 0.15) is 55.3 Å². The molecule has 4 bridgehead atoms. The van der Waals surface area contributed by atoms with Crippen molar-refractivity contribution >= 4 is 21.6 Å². The van der Waals surface area contributed by atoms with Crippen LogP contribution in [0.4, 0.5) is 5.69 Å². The first-order chi connectivity index (χ1) is 12.9. The van der Waals surface area contributed by atoms with E-state index in [2.05, 4.69) is 5.32 Å². The highest BCUT2D eigenvalue weighted by Crippen LogP contribution is 2.59. The number of carbonyl (C=O) groups excluding carboxylic acids is 1. The first-order valence-electron chi connectivity index (χ1n) is 10.3. The van der Waals surface area contributed by atoms with Crippen LogP contribution in [0.2, 0.25) is 0 Å². The summed E-state index contributed by atoms with van der Waals surface area (Å²) in [5, 5.41) is 3.19. The van der Waals surface area contributed by atoms with E-state index in [-0.39, 0.29) is 11.7 Å². The van der Waals surface area contributed by atoms with Crippen LogP contribution in [0.5, 0.6) is 0 Å². The highest BCUT2D eigenvalue weighted by Gasteiger charge is 2.50. The molecule has 0 aromatic heterocycles. The summed E-state index contributed by atoms with van der Waals surface area (Å²) in [6.45, 7) is 1.32. The van der Waals surface area contributed by atoms with Gasteiger partial charge in [-0.25, -0.2) is 8.42 Å². The van der Waals surface area contributed by atoms with E-state index in [0.717, 1.165) is 24.3 Å². The van der Waals surface area contributed by atoms with Gasteiger partial charge in [-0.05, 0) is 92.4 Å². The van der Waals surface area contributed by atoms with Gasteiger partial charge in [-0.2, -0.15) is 0 Å². The Morgan fingerprint density at radius 2 is 1.63 bits per heavy atom. The van der Waals surface area contributed by atoms with Gasteiger partial charge in [-0.15, -0.1) is 0 Å². The number of carbonyl (C=O) groups is 1. The first-order valence-corrected chi connectivity index (χ1v) is 11.9. The van der Waals surface area contributed by atoms with Gasteiger partial charge in [0.25, 0.3) is 5.91 Å². The molecular formula is C21H28N2O3S. The van der Waals surface area contributed by atoms with Gasteiger partial charge in [0.05, 0.1) is 11.4 Å². The molecule has 27 heavy (non-hydrogen) atoms. The molecule has 1 heterocycles. The zero-order chi connectivity index (χ0) is 18.6. The number of nitrogens with one attached hydrogen (secondary N) is 1. The lowest BCUT2D eigenvalue weighted by atomic mass is 9.49. The smallest absolute Gasteiger partial charge is 0.251 e. The fourth-order valence-corrected chi connectivity index (χ4v) is 8.15. The predicted molar refractivity (Wildman–Crippen MR) is 105 cm³/mol. The highest BCUT2D eigenvalue weighted by molar-refractivity contribution is 7.93. The summed E-state index contributed by atoms with van der Waals surface area (Å²) in [5.74, 6) is 2.82. The summed E-state index contributed by atoms with van der Waals surface area (Å²) >= 11 is 0. The number of sulfonamides is 1. The molecule has 0 spiro atoms. The van der Waals surface area contributed by atoms with E-state index >= 15 is 0 Å². The zero-order valence-corrected chi connectivity index (χ0v) is 16.5. The normalized spacial score (nSPS) is 36.1. The van der Waals surface area contributed by atoms with Crippen molar-refractivity contribution in [1.82, 2.24) is 5.32 Å². The van der Waals surface area contributed by atoms with Crippen LogP contribution in [0.15, 0.2) is 24.3 Å². The Hall–Kier alpha value is -1.56. The molecule has 1 aliphatic heterocycles. The molecule has 6 rings (SSSR count). The molecule has 1 aromatic rings. The lowest BCUT2D eigenvalue weighted by Gasteiger charge is -2.56. The molecule has 146 valence electrons. The van der Waals surface area contributed by atoms with Crippen LogP contribution >= 0.6 is 0 Å². The Labute approximate surface area is 161 Å². The van der Waals surface area contributed by atoms with Gasteiger partial charge in [-0.3, -0.25) is 9.10 Å². The van der Waals surface area contributed by atoms with Gasteiger partial charge >= 0.3 is 0 Å². The first kappa shape index (κ1) is 17.5. The minimum absolute atomic E-state index is 0.0402. The van der Waals surface area contributed by atoms with Crippen LogP contribution in [0, 0.1) is 23.2 Å². The minimum Gasteiger partial charge on any atom is -0.351 e. The summed E-state index contributed by atoms with van der Waals surface area (Å²) in [4.78, 5) is 12.7. The van der Waals surface area contributed by atoms with E-state index in [9.17, 15) is 13.2 Å². The number of hydrogen-bond donors (Lipinski definition) is 1. The van der Waals surface area contributed by atoms with E-state index < -0.39 is 10.0 Å². The minimum atomic E-state index is -3.18. The summed E-state index contributed by atoms with van der Waals surface area (Å²) in [7, 11) is -3.18. The maximum absolute atomic E-state index is 12.7. The van der Waals surface area contributed by atoms with E-state index in [1.165, 1.54) is 42.8 Å². The van der Waals surface area contributed by atoms with Gasteiger partial charge in [0.15, 0.2) is 0 Å². The largest absolute Gasteiger partial charge is 0.351 e. The van der Waals surface area contributed by atoms with Crippen molar-refractivity contribution in [1.29, 1.82) is 0 Å². The standard InChI is InChI=1S/C21H28N2O3S/c24-20(18-2-4-19(5-3-18)23-6-1-7-27(23,25)26)22-14-21-11-15-8-16(12-21)10-17(9-15)13-21/h2-5,15-17H,1,6-14H2,(H,22,24). The average Bonchev–Trinajstić information content (AvgIpc) is 2.98. The predicted octanol–water partition coefficient (Wildman–Crippen LogP) is 3.17. The monoisotopic (exact) mass is 388 g/mol. The molecule has 5 fully saturated rings. The molecule has 1 N–H and O–H groups in total. The van der Waals surface area contributed by atoms with Crippen LogP contribution in [0.3, 0.4) is 0 Å². The molecule has 1 aromatic carbocycles. The average molecular weight is 389 g/mol. The zero-order valence-electron chi connectivity index (χ0n) is 15.7. The fourth-order valence-electron chi connectivity index (χ4n) is 6.58. The van der Waals surface area contributed by atoms with E-state index in [4.69, 9.17) is 0 Å². The summed E-state index contributed by atoms with van der Waals surface area (Å²) < 4.78 is 25.5. The van der Waals surface area contributed by atoms with Crippen LogP contribution in [-0.2, 0) is 10.0 Å². The number of rotatable bonds is 4. The van der Waals surface area contributed by atoms with E-state index in [1.54, 1.807) is 24.3 Å². The Kier molecular flexibility index (Phi) is 4.04. The van der Waals surface area contributed by atoms with Gasteiger partial charge < -0.3 is 5.32 Å². The topological polar surface area (TPSA) is 66.5 Å². The van der Waals surface area contributed by atoms with Gasteiger partial charge in [0.1, 0.15) is 0 Å². The molecule has 0 radical (unpaired) electrons. The number of benzene rings is 1. The Balaban J connectivity index is 1.24. The summed E-state index contributed by atoms with van der Waals surface area (Å²) in [6.07, 6.45) is 8.74. The Morgan fingerprint density at radius 1 is 1.04 bits per heavy atom. The SMILES string of the molecule is O=C(NCC12CC3CC(CC(C3)C1)C2)c1ccc(N2CCCS2(=O)=O)cc1. The summed E-state index contributed by atoms with van der Waals surface area (Å²) in [6, 6.07) is 7.00. The molecule has 5 aliphatic rings. The van der Waals surface area contributed by atoms with Crippen molar-refractivity contribution in [3.8, 4) is 0 Å². The van der Waals surface area contributed by atoms with Crippen molar-refractivity contribution in [2.45, 2.75) is 44.9 Å². The van der Waals surface area contributed by atoms with E-state index in [0.29, 0.717) is 29.6 Å². The van der Waals surface area contributed by atoms with Crippen molar-refractivity contribution in [2.24, 2.45) is 23.2 Å². The molecular weight excluding hydrogens is 360 g/mol. The van der Waals surface area contributed by atoms with Crippen molar-refractivity contribution in [2.75, 3.05) is 23.1 Å². The van der Waals surface area contributed by atoms with Crippen molar-refractivity contribution in [3.63, 3.8) is 0 Å². The second-order valence-electron chi connectivity index (χ2n) is 9.39. The second kappa shape index (κ2) is 6.23. The van der Waals surface area contributed by atoms with Crippen LogP contribution in [0.25, 0.3) is 0 Å². The Morgan fingerprint density at radius 3 is 2.15 bits per heavy atom. The van der Waals surface area contributed by atoms with Crippen LogP contribution in [-0.4, -0.2) is 33.2 Å². The van der Waals surface area contributed by atoms with Gasteiger partial charge in [0, 0.05) is 18.7 Å². The summed E-state index contributed by atoms with van der Waals surface area (Å²) in [5.41, 5.74) is 1.60. The van der Waals surface area contributed by atoms with E-state index in [1.807, 2.05) is 0 Å². The van der Waals surface area contributed by atoms with Gasteiger partial charge in [0.2, 0.25) is 10.0 Å². The second-order valence-corrected chi connectivity index (χ2v) is 11.4. The number of hydrogen-bond acceptors (Lipinski definition) is 3. The number of anilines is 1. The third kappa shape index (κ3) is 3.16. The molecule has 5 nitrogen and oxygen atoms in total. The molecule has 4 aliphatic carbocycles. The molecule has 0 atom stereocenters. The van der Waals surface area contributed by atoms with Crippen molar-refractivity contribution < 1.29 is 13.2 Å². The highest BCUT2D eigenvalue weighted by atomic mass is 32.2. The van der Waals surface area contributed by atoms with Crippen molar-refractivity contribution in [3.05, 3.63) is 29.8 Å². The third-order valence-electron chi connectivity index (χ3n) is 7.31. The van der Waals surface area contributed by atoms with Crippen LogP contribution < -0.4 is 9.62 Å². The lowest BCUT2D eigenvalue weighted by Crippen LogP contribution is -2.51.